The maximum atomic E-state index is 13.0. The van der Waals surface area contributed by atoms with Crippen LogP contribution in [0.2, 0.25) is 0 Å². The molecule has 2 aromatic carbocycles. The van der Waals surface area contributed by atoms with Gasteiger partial charge in [0.25, 0.3) is 0 Å². The lowest BCUT2D eigenvalue weighted by Gasteiger charge is -2.12. The van der Waals surface area contributed by atoms with E-state index in [2.05, 4.69) is 15.2 Å². The fourth-order valence-corrected chi connectivity index (χ4v) is 4.23. The van der Waals surface area contributed by atoms with Gasteiger partial charge in [0.05, 0.1) is 14.2 Å². The Bertz CT molecular complexity index is 1260. The number of sulfonamides is 1. The predicted octanol–water partition coefficient (Wildman–Crippen LogP) is 3.61. The van der Waals surface area contributed by atoms with Crippen LogP contribution in [-0.2, 0) is 21.4 Å². The van der Waals surface area contributed by atoms with Crippen LogP contribution in [0, 0.1) is 6.92 Å². The minimum Gasteiger partial charge on any atom is -0.497 e. The van der Waals surface area contributed by atoms with Crippen LogP contribution in [0.15, 0.2) is 51.9 Å². The molecule has 0 unspecified atom stereocenters. The Kier molecular flexibility index (Phi) is 7.52. The van der Waals surface area contributed by atoms with Gasteiger partial charge in [-0.1, -0.05) is 29.4 Å². The van der Waals surface area contributed by atoms with Gasteiger partial charge >= 0.3 is 0 Å². The van der Waals surface area contributed by atoms with Crippen LogP contribution in [0.1, 0.15) is 29.5 Å². The third kappa shape index (κ3) is 5.99. The van der Waals surface area contributed by atoms with Gasteiger partial charge in [-0.2, -0.15) is 0 Å². The van der Waals surface area contributed by atoms with Crippen molar-refractivity contribution in [3.05, 3.63) is 65.0 Å². The van der Waals surface area contributed by atoms with Crippen molar-refractivity contribution in [1.82, 2.24) is 9.88 Å². The lowest BCUT2D eigenvalue weighted by molar-refractivity contribution is -0.114. The molecular formula is C23H25N3O6S. The van der Waals surface area contributed by atoms with Crippen molar-refractivity contribution < 1.29 is 27.2 Å². The molecule has 3 aromatic rings. The fourth-order valence-electron chi connectivity index (χ4n) is 3.01. The number of carbonyl (C=O) groups excluding carboxylic acids is 1. The summed E-state index contributed by atoms with van der Waals surface area (Å²) in [5, 5.41) is 6.53. The summed E-state index contributed by atoms with van der Waals surface area (Å²) in [6.45, 7) is 3.20. The van der Waals surface area contributed by atoms with Crippen LogP contribution >= 0.6 is 0 Å². The second kappa shape index (κ2) is 10.3. The molecule has 10 heteroatoms. The molecule has 33 heavy (non-hydrogen) atoms. The summed E-state index contributed by atoms with van der Waals surface area (Å²) in [7, 11) is -0.903. The maximum Gasteiger partial charge on any atom is 0.244 e. The monoisotopic (exact) mass is 471 g/mol. The van der Waals surface area contributed by atoms with Crippen LogP contribution in [0.3, 0.4) is 0 Å². The number of hydrogen-bond donors (Lipinski definition) is 2. The molecule has 0 fully saturated rings. The highest BCUT2D eigenvalue weighted by atomic mass is 32.2. The number of anilines is 1. The largest absolute Gasteiger partial charge is 0.497 e. The highest BCUT2D eigenvalue weighted by Crippen LogP contribution is 2.27. The van der Waals surface area contributed by atoms with Crippen molar-refractivity contribution in [3.8, 4) is 11.5 Å². The van der Waals surface area contributed by atoms with E-state index in [1.54, 1.807) is 62.6 Å². The van der Waals surface area contributed by atoms with Crippen molar-refractivity contribution in [2.75, 3.05) is 19.5 Å². The molecule has 2 N–H and O–H groups in total. The first-order valence-electron chi connectivity index (χ1n) is 9.96. The van der Waals surface area contributed by atoms with E-state index in [9.17, 15) is 13.2 Å². The van der Waals surface area contributed by atoms with Crippen molar-refractivity contribution in [2.24, 2.45) is 0 Å². The van der Waals surface area contributed by atoms with E-state index in [0.29, 0.717) is 28.5 Å². The number of nitrogens with one attached hydrogen (secondary N) is 2. The number of carbonyl (C=O) groups is 1. The molecule has 0 atom stereocenters. The molecule has 3 rings (SSSR count). The molecule has 0 aliphatic heterocycles. The third-order valence-corrected chi connectivity index (χ3v) is 6.14. The SMILES string of the molecule is COc1ccc(CNS(=O)(=O)c2cc(C=Cc3onc(C)c3NC(C)=O)ccc2OC)cc1. The highest BCUT2D eigenvalue weighted by Gasteiger charge is 2.20. The summed E-state index contributed by atoms with van der Waals surface area (Å²) in [4.78, 5) is 11.4. The summed E-state index contributed by atoms with van der Waals surface area (Å²) in [5.74, 6) is 0.993. The van der Waals surface area contributed by atoms with Crippen LogP contribution < -0.4 is 19.5 Å². The molecule has 1 heterocycles. The number of benzene rings is 2. The van der Waals surface area contributed by atoms with Gasteiger partial charge in [0.2, 0.25) is 15.9 Å². The van der Waals surface area contributed by atoms with E-state index in [0.717, 1.165) is 5.56 Å². The van der Waals surface area contributed by atoms with Gasteiger partial charge in [0.1, 0.15) is 27.8 Å². The summed E-state index contributed by atoms with van der Waals surface area (Å²) >= 11 is 0. The third-order valence-electron chi connectivity index (χ3n) is 4.72. The zero-order chi connectivity index (χ0) is 24.0. The lowest BCUT2D eigenvalue weighted by atomic mass is 10.2. The molecular weight excluding hydrogens is 446 g/mol. The topological polar surface area (TPSA) is 120 Å². The number of aryl methyl sites for hydroxylation is 1. The molecule has 0 radical (unpaired) electrons. The summed E-state index contributed by atoms with van der Waals surface area (Å²) in [6.07, 6.45) is 3.27. The normalized spacial score (nSPS) is 11.5. The Hall–Kier alpha value is -3.63. The molecule has 0 bridgehead atoms. The van der Waals surface area contributed by atoms with Crippen molar-refractivity contribution in [2.45, 2.75) is 25.3 Å². The molecule has 0 aliphatic rings. The number of ether oxygens (including phenoxy) is 2. The van der Waals surface area contributed by atoms with Crippen LogP contribution in [0.5, 0.6) is 11.5 Å². The van der Waals surface area contributed by atoms with Gasteiger partial charge in [-0.15, -0.1) is 0 Å². The van der Waals surface area contributed by atoms with Crippen molar-refractivity contribution in [1.29, 1.82) is 0 Å². The van der Waals surface area contributed by atoms with Gasteiger partial charge in [-0.3, -0.25) is 4.79 Å². The minimum absolute atomic E-state index is 0.00324. The lowest BCUT2D eigenvalue weighted by Crippen LogP contribution is -2.23. The predicted molar refractivity (Wildman–Crippen MR) is 124 cm³/mol. The molecule has 1 amide bonds. The van der Waals surface area contributed by atoms with Crippen LogP contribution in [-0.4, -0.2) is 33.7 Å². The minimum atomic E-state index is -3.88. The number of rotatable bonds is 9. The van der Waals surface area contributed by atoms with Crippen molar-refractivity contribution in [3.63, 3.8) is 0 Å². The molecule has 9 nitrogen and oxygen atoms in total. The molecule has 0 saturated carbocycles. The first-order chi connectivity index (χ1) is 15.7. The first-order valence-corrected chi connectivity index (χ1v) is 11.4. The molecule has 1 aromatic heterocycles. The Morgan fingerprint density at radius 1 is 1.09 bits per heavy atom. The summed E-state index contributed by atoms with van der Waals surface area (Å²) in [5.41, 5.74) is 2.36. The van der Waals surface area contributed by atoms with E-state index in [1.165, 1.54) is 20.1 Å². The van der Waals surface area contributed by atoms with E-state index in [-0.39, 0.29) is 23.1 Å². The highest BCUT2D eigenvalue weighted by molar-refractivity contribution is 7.89. The number of nitrogens with zero attached hydrogens (tertiary/aromatic N) is 1. The van der Waals surface area contributed by atoms with E-state index < -0.39 is 10.0 Å². The van der Waals surface area contributed by atoms with E-state index >= 15 is 0 Å². The van der Waals surface area contributed by atoms with E-state index in [4.69, 9.17) is 14.0 Å². The zero-order valence-electron chi connectivity index (χ0n) is 18.7. The Balaban J connectivity index is 1.84. The number of aromatic nitrogens is 1. The quantitative estimate of drug-likeness (QED) is 0.489. The molecule has 174 valence electrons. The molecule has 0 spiro atoms. The number of methoxy groups -OCH3 is 2. The number of hydrogen-bond acceptors (Lipinski definition) is 7. The van der Waals surface area contributed by atoms with Gasteiger partial charge in [0, 0.05) is 13.5 Å². The van der Waals surface area contributed by atoms with E-state index in [1.807, 2.05) is 0 Å². The fraction of sp³-hybridized carbons (Fsp3) is 0.217. The second-order valence-electron chi connectivity index (χ2n) is 7.10. The van der Waals surface area contributed by atoms with Gasteiger partial charge < -0.3 is 19.3 Å². The number of amides is 1. The van der Waals surface area contributed by atoms with Crippen LogP contribution in [0.25, 0.3) is 12.2 Å². The smallest absolute Gasteiger partial charge is 0.244 e. The summed E-state index contributed by atoms with van der Waals surface area (Å²) in [6, 6.07) is 11.9. The average Bonchev–Trinajstić information content (AvgIpc) is 3.15. The van der Waals surface area contributed by atoms with Crippen molar-refractivity contribution >= 4 is 33.8 Å². The first kappa shape index (κ1) is 24.0. The zero-order valence-corrected chi connectivity index (χ0v) is 19.5. The standard InChI is InChI=1S/C23H25N3O6S/c1-15-23(25-16(2)27)21(32-26-15)12-8-17-7-11-20(31-4)22(13-17)33(28,29)24-14-18-5-9-19(30-3)10-6-18/h5-13,24H,14H2,1-4H3,(H,25,27). The van der Waals surface area contributed by atoms with Gasteiger partial charge in [-0.25, -0.2) is 13.1 Å². The summed E-state index contributed by atoms with van der Waals surface area (Å²) < 4.78 is 44.2. The van der Waals surface area contributed by atoms with Gasteiger partial charge in [0.15, 0.2) is 5.76 Å². The Morgan fingerprint density at radius 3 is 2.45 bits per heavy atom. The average molecular weight is 472 g/mol. The Labute approximate surface area is 192 Å². The molecule has 0 saturated heterocycles. The Morgan fingerprint density at radius 2 is 1.82 bits per heavy atom. The maximum absolute atomic E-state index is 13.0. The second-order valence-corrected chi connectivity index (χ2v) is 8.84. The van der Waals surface area contributed by atoms with Crippen LogP contribution in [0.4, 0.5) is 5.69 Å². The van der Waals surface area contributed by atoms with Gasteiger partial charge in [-0.05, 0) is 48.4 Å². The molecule has 0 aliphatic carbocycles.